The zero-order valence-electron chi connectivity index (χ0n) is 22.3. The van der Waals surface area contributed by atoms with Crippen LogP contribution in [0.2, 0.25) is 0 Å². The minimum Gasteiger partial charge on any atom is -0.465 e. The molecule has 0 aromatic rings. The van der Waals surface area contributed by atoms with Gasteiger partial charge in [0.05, 0.1) is 24.6 Å². The van der Waals surface area contributed by atoms with Crippen LogP contribution < -0.4 is 0 Å². The molecule has 10 atom stereocenters. The summed E-state index contributed by atoms with van der Waals surface area (Å²) < 4.78 is 51.0. The van der Waals surface area contributed by atoms with E-state index in [4.69, 9.17) is 14.2 Å². The molecule has 0 radical (unpaired) electrons. The summed E-state index contributed by atoms with van der Waals surface area (Å²) in [5.41, 5.74) is -5.83. The zero-order valence-corrected chi connectivity index (χ0v) is 23.1. The van der Waals surface area contributed by atoms with Crippen molar-refractivity contribution in [2.45, 2.75) is 107 Å². The summed E-state index contributed by atoms with van der Waals surface area (Å²) in [6, 6.07) is 0. The number of aliphatic hydroxyl groups is 1. The first kappa shape index (κ1) is 26.8. The van der Waals surface area contributed by atoms with E-state index in [0.717, 1.165) is 0 Å². The topological polar surface area (TPSA) is 99.1 Å². The molecule has 0 spiro atoms. The van der Waals surface area contributed by atoms with Crippen molar-refractivity contribution < 1.29 is 42.5 Å². The maximum atomic E-state index is 17.5. The number of rotatable bonds is 4. The Bertz CT molecular complexity index is 1130. The molecule has 5 fully saturated rings. The lowest BCUT2D eigenvalue weighted by molar-refractivity contribution is -0.253. The molecular weight excluding hydrogens is 518 g/mol. The van der Waals surface area contributed by atoms with Gasteiger partial charge in [0.25, 0.3) is 0 Å². The number of ether oxygens (including phenoxy) is 3. The van der Waals surface area contributed by atoms with Crippen molar-refractivity contribution in [2.24, 2.45) is 22.7 Å². The minimum absolute atomic E-state index is 0.0159. The van der Waals surface area contributed by atoms with E-state index in [9.17, 15) is 19.5 Å². The molecule has 2 aliphatic heterocycles. The number of thioether (sulfide) groups is 1. The van der Waals surface area contributed by atoms with Crippen molar-refractivity contribution in [3.8, 4) is 0 Å². The van der Waals surface area contributed by atoms with Crippen LogP contribution in [0.4, 0.5) is 8.78 Å². The molecular formula is C28H36F2O7S. The second-order valence-corrected chi connectivity index (χ2v) is 14.2. The Morgan fingerprint density at radius 1 is 1.18 bits per heavy atom. The number of carbonyl (C=O) groups excluding carboxylic acids is 3. The van der Waals surface area contributed by atoms with Gasteiger partial charge in [-0.15, -0.1) is 11.8 Å². The highest BCUT2D eigenvalue weighted by molar-refractivity contribution is 8.01. The first-order valence-corrected chi connectivity index (χ1v) is 14.7. The SMILES string of the molecule is CC1(C)O[C@@H]2C[C@H]3[C@@H]4C[C@H](F)C5=CC(=O)CC[C@]5(C)[C@@]4(F)[C@@H](O)C[C@]3(C)[C@]2(C(=O)CS[C@H]2CCOC2=O)O1. The smallest absolute Gasteiger partial charge is 0.319 e. The number of carbonyl (C=O) groups is 3. The molecule has 3 saturated carbocycles. The van der Waals surface area contributed by atoms with Crippen LogP contribution in [-0.4, -0.2) is 75.7 Å². The van der Waals surface area contributed by atoms with Crippen LogP contribution in [0, 0.1) is 22.7 Å². The number of allylic oxidation sites excluding steroid dienone is 1. The summed E-state index contributed by atoms with van der Waals surface area (Å²) in [5, 5.41) is 11.2. The second-order valence-electron chi connectivity index (χ2n) is 13.0. The van der Waals surface area contributed by atoms with E-state index in [1.807, 2.05) is 6.92 Å². The number of aliphatic hydroxyl groups excluding tert-OH is 1. The molecule has 1 N–H and O–H groups in total. The average molecular weight is 555 g/mol. The van der Waals surface area contributed by atoms with Gasteiger partial charge in [-0.1, -0.05) is 13.8 Å². The van der Waals surface area contributed by atoms with E-state index < -0.39 is 63.4 Å². The van der Waals surface area contributed by atoms with E-state index in [0.29, 0.717) is 19.4 Å². The average Bonchev–Trinajstić information content (AvgIpc) is 3.44. The molecule has 7 nitrogen and oxygen atoms in total. The third-order valence-corrected chi connectivity index (χ3v) is 12.0. The molecule has 0 aromatic heterocycles. The van der Waals surface area contributed by atoms with Crippen LogP contribution in [-0.2, 0) is 28.6 Å². The Balaban J connectivity index is 1.39. The highest BCUT2D eigenvalue weighted by atomic mass is 32.2. The Kier molecular flexibility index (Phi) is 5.89. The van der Waals surface area contributed by atoms with Gasteiger partial charge in [-0.05, 0) is 57.1 Å². The third kappa shape index (κ3) is 3.26. The molecule has 6 rings (SSSR count). The quantitative estimate of drug-likeness (QED) is 0.526. The number of esters is 1. The summed E-state index contributed by atoms with van der Waals surface area (Å²) >= 11 is 1.21. The largest absolute Gasteiger partial charge is 0.465 e. The van der Waals surface area contributed by atoms with Gasteiger partial charge in [-0.2, -0.15) is 0 Å². The van der Waals surface area contributed by atoms with Crippen molar-refractivity contribution in [3.05, 3.63) is 11.6 Å². The van der Waals surface area contributed by atoms with E-state index >= 15 is 8.78 Å². The first-order chi connectivity index (χ1) is 17.7. The molecule has 0 bridgehead atoms. The number of hydrogen-bond acceptors (Lipinski definition) is 8. The maximum absolute atomic E-state index is 17.5. The number of alkyl halides is 2. The molecule has 210 valence electrons. The molecule has 4 aliphatic carbocycles. The van der Waals surface area contributed by atoms with Gasteiger partial charge in [-0.3, -0.25) is 14.4 Å². The summed E-state index contributed by atoms with van der Waals surface area (Å²) in [6.45, 7) is 7.27. The van der Waals surface area contributed by atoms with Crippen LogP contribution in [0.15, 0.2) is 11.6 Å². The Morgan fingerprint density at radius 3 is 2.61 bits per heavy atom. The second kappa shape index (κ2) is 8.33. The van der Waals surface area contributed by atoms with Crippen LogP contribution >= 0.6 is 11.8 Å². The van der Waals surface area contributed by atoms with Gasteiger partial charge in [0.15, 0.2) is 23.0 Å². The molecule has 6 aliphatic rings. The Hall–Kier alpha value is -1.36. The fourth-order valence-corrected chi connectivity index (χ4v) is 10.1. The van der Waals surface area contributed by atoms with Crippen molar-refractivity contribution in [2.75, 3.05) is 12.4 Å². The van der Waals surface area contributed by atoms with Crippen molar-refractivity contribution in [1.29, 1.82) is 0 Å². The molecule has 10 heteroatoms. The predicted molar refractivity (Wildman–Crippen MR) is 134 cm³/mol. The number of Topliss-reactive ketones (excluding diaryl/α,β-unsaturated/α-hetero) is 1. The zero-order chi connectivity index (χ0) is 27.5. The number of halogens is 2. The monoisotopic (exact) mass is 554 g/mol. The lowest BCUT2D eigenvalue weighted by Gasteiger charge is -2.64. The summed E-state index contributed by atoms with van der Waals surface area (Å²) in [6.07, 6.45) is -1.62. The van der Waals surface area contributed by atoms with Crippen molar-refractivity contribution in [1.82, 2.24) is 0 Å². The number of cyclic esters (lactones) is 1. The van der Waals surface area contributed by atoms with E-state index in [1.54, 1.807) is 20.8 Å². The lowest BCUT2D eigenvalue weighted by Crippen LogP contribution is -2.71. The van der Waals surface area contributed by atoms with E-state index in [1.165, 1.54) is 17.8 Å². The fourth-order valence-electron chi connectivity index (χ4n) is 9.07. The summed E-state index contributed by atoms with van der Waals surface area (Å²) in [4.78, 5) is 38.3. The van der Waals surface area contributed by atoms with Crippen molar-refractivity contribution >= 4 is 29.3 Å². The van der Waals surface area contributed by atoms with Gasteiger partial charge in [0.1, 0.15) is 17.1 Å². The molecule has 2 saturated heterocycles. The molecule has 0 aromatic carbocycles. The third-order valence-electron chi connectivity index (χ3n) is 10.7. The molecule has 38 heavy (non-hydrogen) atoms. The molecule has 0 unspecified atom stereocenters. The molecule has 2 heterocycles. The van der Waals surface area contributed by atoms with Crippen LogP contribution in [0.25, 0.3) is 0 Å². The van der Waals surface area contributed by atoms with Gasteiger partial charge in [0, 0.05) is 29.6 Å². The standard InChI is InChI=1S/C28H36F2O7S/c1-24(2)36-22-11-15-16-10-18(29)17-9-14(31)5-7-25(17,3)27(16,30)20(32)12-26(15,4)28(22,37-24)21(33)13-38-19-6-8-35-23(19)34/h9,15-16,18-20,22,32H,5-8,10-13H2,1-4H3/t15-,16-,18-,19-,20-,22+,25-,26-,27-,28+/m0/s1. The normalized spacial score (nSPS) is 51.0. The molecule has 0 amide bonds. The van der Waals surface area contributed by atoms with Crippen LogP contribution in [0.1, 0.15) is 66.2 Å². The van der Waals surface area contributed by atoms with Crippen LogP contribution in [0.3, 0.4) is 0 Å². The fraction of sp³-hybridized carbons (Fsp3) is 0.821. The van der Waals surface area contributed by atoms with Gasteiger partial charge >= 0.3 is 5.97 Å². The van der Waals surface area contributed by atoms with Gasteiger partial charge in [-0.25, -0.2) is 8.78 Å². The number of hydrogen-bond donors (Lipinski definition) is 1. The summed E-state index contributed by atoms with van der Waals surface area (Å²) in [7, 11) is 0. The predicted octanol–water partition coefficient (Wildman–Crippen LogP) is 3.65. The van der Waals surface area contributed by atoms with Gasteiger partial charge < -0.3 is 19.3 Å². The van der Waals surface area contributed by atoms with Gasteiger partial charge in [0.2, 0.25) is 0 Å². The number of ketones is 2. The summed E-state index contributed by atoms with van der Waals surface area (Å²) in [5.74, 6) is -3.29. The first-order valence-electron chi connectivity index (χ1n) is 13.6. The number of fused-ring (bicyclic) bond motifs is 7. The lowest BCUT2D eigenvalue weighted by atomic mass is 9.43. The van der Waals surface area contributed by atoms with Crippen molar-refractivity contribution in [3.63, 3.8) is 0 Å². The highest BCUT2D eigenvalue weighted by Crippen LogP contribution is 2.73. The van der Waals surface area contributed by atoms with E-state index in [-0.39, 0.29) is 54.5 Å². The minimum atomic E-state index is -2.16. The Morgan fingerprint density at radius 2 is 1.92 bits per heavy atom. The Labute approximate surface area is 225 Å². The van der Waals surface area contributed by atoms with E-state index in [2.05, 4.69) is 0 Å². The highest BCUT2D eigenvalue weighted by Gasteiger charge is 2.80. The van der Waals surface area contributed by atoms with Crippen LogP contribution in [0.5, 0.6) is 0 Å². The maximum Gasteiger partial charge on any atom is 0.319 e.